The summed E-state index contributed by atoms with van der Waals surface area (Å²) in [6.07, 6.45) is 1.92. The highest BCUT2D eigenvalue weighted by Gasteiger charge is 2.25. The highest BCUT2D eigenvalue weighted by atomic mass is 79.9. The number of anilines is 1. The largest absolute Gasteiger partial charge is 0.350 e. The number of halogens is 2. The molecule has 1 aromatic rings. The number of hydrogen-bond donors (Lipinski definition) is 0. The topological polar surface area (TPSA) is 15.6 Å². The summed E-state index contributed by atoms with van der Waals surface area (Å²) in [5.41, 5.74) is 2.43. The third-order valence-corrected chi connectivity index (χ3v) is 5.27. The van der Waals surface area contributed by atoms with Crippen molar-refractivity contribution in [3.8, 4) is 0 Å². The van der Waals surface area contributed by atoms with Crippen molar-refractivity contribution >= 4 is 51.2 Å². The Hall–Kier alpha value is -0.190. The summed E-state index contributed by atoms with van der Waals surface area (Å²) < 4.78 is 1.02. The minimum atomic E-state index is 0.770. The quantitative estimate of drug-likeness (QED) is 0.730. The Labute approximate surface area is 106 Å². The van der Waals surface area contributed by atoms with Gasteiger partial charge < -0.3 is 4.90 Å². The average Bonchev–Trinajstić information content (AvgIpc) is 2.26. The second kappa shape index (κ2) is 3.68. The van der Waals surface area contributed by atoms with Gasteiger partial charge in [0.05, 0.1) is 15.2 Å². The van der Waals surface area contributed by atoms with Crippen LogP contribution in [0.1, 0.15) is 5.56 Å². The first-order valence-corrected chi connectivity index (χ1v) is 6.82. The zero-order valence-corrected chi connectivity index (χ0v) is 11.0. The Kier molecular flexibility index (Phi) is 2.45. The molecule has 0 saturated carbocycles. The van der Waals surface area contributed by atoms with E-state index >= 15 is 0 Å². The second-order valence-corrected chi connectivity index (χ2v) is 5.81. The maximum absolute atomic E-state index is 6.16. The van der Waals surface area contributed by atoms with Crippen LogP contribution in [0.5, 0.6) is 0 Å². The molecule has 2 aliphatic rings. The van der Waals surface area contributed by atoms with Gasteiger partial charge in [0.2, 0.25) is 0 Å². The van der Waals surface area contributed by atoms with Crippen molar-refractivity contribution in [3.63, 3.8) is 0 Å². The molecular formula is C10H8BrClN2S. The first kappa shape index (κ1) is 10.00. The Balaban J connectivity index is 2.31. The number of thioether (sulfide) groups is 1. The maximum atomic E-state index is 6.16. The molecule has 1 aromatic carbocycles. The van der Waals surface area contributed by atoms with Crippen LogP contribution < -0.4 is 4.90 Å². The Morgan fingerprint density at radius 3 is 3.27 bits per heavy atom. The number of aliphatic imine (C=N–C) groups is 1. The lowest BCUT2D eigenvalue weighted by Gasteiger charge is -2.33. The first-order valence-electron chi connectivity index (χ1n) is 4.67. The molecule has 0 saturated heterocycles. The van der Waals surface area contributed by atoms with Crippen LogP contribution in [0, 0.1) is 0 Å². The second-order valence-electron chi connectivity index (χ2n) is 3.50. The molecule has 2 nitrogen and oxygen atoms in total. The van der Waals surface area contributed by atoms with Crippen molar-refractivity contribution in [1.29, 1.82) is 0 Å². The summed E-state index contributed by atoms with van der Waals surface area (Å²) in [6.45, 7) is 1.84. The van der Waals surface area contributed by atoms with E-state index < -0.39 is 0 Å². The van der Waals surface area contributed by atoms with E-state index in [1.165, 1.54) is 10.6 Å². The van der Waals surface area contributed by atoms with Gasteiger partial charge in [-0.2, -0.15) is 0 Å². The van der Waals surface area contributed by atoms with Gasteiger partial charge >= 0.3 is 0 Å². The standard InChI is InChI=1S/C10H8BrClN2S/c11-8-7(12)3-6-4-13-5-14-1-2-15-10(8)9(6)14/h3-4H,1-2,5H2. The van der Waals surface area contributed by atoms with Crippen LogP contribution in [0.15, 0.2) is 20.4 Å². The molecule has 0 aromatic heterocycles. The molecule has 3 rings (SSSR count). The van der Waals surface area contributed by atoms with E-state index in [1.54, 1.807) is 0 Å². The van der Waals surface area contributed by atoms with E-state index in [4.69, 9.17) is 11.6 Å². The number of benzene rings is 1. The van der Waals surface area contributed by atoms with Gasteiger partial charge in [-0.05, 0) is 22.0 Å². The third-order valence-electron chi connectivity index (χ3n) is 2.59. The van der Waals surface area contributed by atoms with Gasteiger partial charge in [0.1, 0.15) is 6.67 Å². The van der Waals surface area contributed by atoms with E-state index in [0.29, 0.717) is 0 Å². The highest BCUT2D eigenvalue weighted by Crippen LogP contribution is 2.45. The molecule has 2 heterocycles. The predicted molar refractivity (Wildman–Crippen MR) is 69.7 cm³/mol. The van der Waals surface area contributed by atoms with Gasteiger partial charge in [-0.1, -0.05) is 11.6 Å². The summed E-state index contributed by atoms with van der Waals surface area (Å²) in [7, 11) is 0. The van der Waals surface area contributed by atoms with E-state index in [2.05, 4.69) is 25.8 Å². The summed E-state index contributed by atoms with van der Waals surface area (Å²) in [5.74, 6) is 1.10. The molecule has 0 fully saturated rings. The van der Waals surface area contributed by atoms with Crippen molar-refractivity contribution in [2.75, 3.05) is 23.9 Å². The number of hydrogen-bond acceptors (Lipinski definition) is 3. The van der Waals surface area contributed by atoms with E-state index in [9.17, 15) is 0 Å². The van der Waals surface area contributed by atoms with Crippen LogP contribution in [0.25, 0.3) is 0 Å². The molecule has 0 unspecified atom stereocenters. The highest BCUT2D eigenvalue weighted by molar-refractivity contribution is 9.10. The van der Waals surface area contributed by atoms with Crippen LogP contribution in [0.2, 0.25) is 5.02 Å². The zero-order chi connectivity index (χ0) is 10.4. The minimum absolute atomic E-state index is 0.770. The average molecular weight is 304 g/mol. The van der Waals surface area contributed by atoms with Gasteiger partial charge in [0, 0.05) is 29.0 Å². The Bertz CT molecular complexity index is 461. The van der Waals surface area contributed by atoms with E-state index in [1.807, 2.05) is 24.0 Å². The molecule has 78 valence electrons. The van der Waals surface area contributed by atoms with Crippen molar-refractivity contribution in [1.82, 2.24) is 0 Å². The van der Waals surface area contributed by atoms with E-state index in [-0.39, 0.29) is 0 Å². The molecule has 0 amide bonds. The van der Waals surface area contributed by atoms with Crippen molar-refractivity contribution in [3.05, 3.63) is 21.1 Å². The lowest BCUT2D eigenvalue weighted by Crippen LogP contribution is -2.32. The predicted octanol–water partition coefficient (Wildman–Crippen LogP) is 3.40. The molecule has 0 radical (unpaired) electrons. The third kappa shape index (κ3) is 1.50. The van der Waals surface area contributed by atoms with Crippen molar-refractivity contribution in [2.45, 2.75) is 4.90 Å². The summed E-state index contributed by atoms with van der Waals surface area (Å²) in [5, 5.41) is 0.770. The Morgan fingerprint density at radius 1 is 1.53 bits per heavy atom. The number of nitrogens with zero attached hydrogens (tertiary/aromatic N) is 2. The van der Waals surface area contributed by atoms with Crippen molar-refractivity contribution < 1.29 is 0 Å². The van der Waals surface area contributed by atoms with Gasteiger partial charge in [-0.15, -0.1) is 11.8 Å². The molecule has 0 spiro atoms. The fourth-order valence-corrected chi connectivity index (χ4v) is 3.97. The lowest BCUT2D eigenvalue weighted by atomic mass is 10.1. The molecule has 2 aliphatic heterocycles. The number of rotatable bonds is 0. The van der Waals surface area contributed by atoms with Crippen LogP contribution in [-0.4, -0.2) is 25.2 Å². The molecule has 0 N–H and O–H groups in total. The summed E-state index contributed by atoms with van der Waals surface area (Å²) >= 11 is 11.6. The maximum Gasteiger partial charge on any atom is 0.110 e. The van der Waals surface area contributed by atoms with E-state index in [0.717, 1.165) is 34.0 Å². The fourth-order valence-electron chi connectivity index (χ4n) is 1.92. The van der Waals surface area contributed by atoms with Gasteiger partial charge in [0.25, 0.3) is 0 Å². The van der Waals surface area contributed by atoms with Gasteiger partial charge in [-0.25, -0.2) is 0 Å². The van der Waals surface area contributed by atoms with Crippen LogP contribution in [0.3, 0.4) is 0 Å². The zero-order valence-electron chi connectivity index (χ0n) is 7.83. The molecule has 15 heavy (non-hydrogen) atoms. The molecular weight excluding hydrogens is 296 g/mol. The Morgan fingerprint density at radius 2 is 2.40 bits per heavy atom. The van der Waals surface area contributed by atoms with Crippen LogP contribution >= 0.6 is 39.3 Å². The smallest absolute Gasteiger partial charge is 0.110 e. The summed E-state index contributed by atoms with van der Waals surface area (Å²) in [4.78, 5) is 7.90. The molecule has 5 heteroatoms. The SMILES string of the molecule is Clc1cc2c3c(c1Br)SCCN3CN=C2. The fraction of sp³-hybridized carbons (Fsp3) is 0.300. The van der Waals surface area contributed by atoms with Crippen LogP contribution in [-0.2, 0) is 0 Å². The molecule has 0 bridgehead atoms. The van der Waals surface area contributed by atoms with Crippen molar-refractivity contribution in [2.24, 2.45) is 4.99 Å². The molecule has 0 atom stereocenters. The normalized spacial score (nSPS) is 17.9. The van der Waals surface area contributed by atoms with Gasteiger partial charge in [-0.3, -0.25) is 4.99 Å². The monoisotopic (exact) mass is 302 g/mol. The first-order chi connectivity index (χ1) is 7.27. The lowest BCUT2D eigenvalue weighted by molar-refractivity contribution is 0.820. The summed E-state index contributed by atoms with van der Waals surface area (Å²) in [6, 6.07) is 1.98. The van der Waals surface area contributed by atoms with Crippen LogP contribution in [0.4, 0.5) is 5.69 Å². The van der Waals surface area contributed by atoms with Gasteiger partial charge in [0.15, 0.2) is 0 Å². The minimum Gasteiger partial charge on any atom is -0.350 e. The molecule has 0 aliphatic carbocycles.